The molecule has 2 heterocycles. The summed E-state index contributed by atoms with van der Waals surface area (Å²) in [5, 5.41) is 4.35. The summed E-state index contributed by atoms with van der Waals surface area (Å²) in [6, 6.07) is 12.6. The van der Waals surface area contributed by atoms with Gasteiger partial charge >= 0.3 is 0 Å². The van der Waals surface area contributed by atoms with Crippen molar-refractivity contribution in [3.63, 3.8) is 0 Å². The van der Waals surface area contributed by atoms with E-state index in [4.69, 9.17) is 4.98 Å². The number of hydrogen-bond acceptors (Lipinski definition) is 6. The van der Waals surface area contributed by atoms with Gasteiger partial charge in [-0.05, 0) is 61.4 Å². The molecule has 2 atom stereocenters. The molecule has 0 aliphatic heterocycles. The summed E-state index contributed by atoms with van der Waals surface area (Å²) in [4.78, 5) is 11.5. The molecule has 2 aromatic carbocycles. The summed E-state index contributed by atoms with van der Waals surface area (Å²) in [7, 11) is -3.29. The van der Waals surface area contributed by atoms with Crippen LogP contribution in [0, 0.1) is 18.6 Å². The van der Waals surface area contributed by atoms with E-state index >= 15 is 0 Å². The zero-order valence-electron chi connectivity index (χ0n) is 17.3. The van der Waals surface area contributed by atoms with E-state index < -0.39 is 21.5 Å². The molecule has 32 heavy (non-hydrogen) atoms. The van der Waals surface area contributed by atoms with Crippen LogP contribution in [-0.2, 0) is 9.84 Å². The zero-order chi connectivity index (χ0) is 22.6. The maximum absolute atomic E-state index is 13.6. The highest BCUT2D eigenvalue weighted by Crippen LogP contribution is 2.44. The monoisotopic (exact) mass is 471 g/mol. The van der Waals surface area contributed by atoms with Crippen molar-refractivity contribution >= 4 is 37.2 Å². The average molecular weight is 472 g/mol. The van der Waals surface area contributed by atoms with E-state index in [9.17, 15) is 17.2 Å². The Morgan fingerprint density at radius 2 is 1.78 bits per heavy atom. The molecule has 1 fully saturated rings. The van der Waals surface area contributed by atoms with Crippen molar-refractivity contribution in [3.8, 4) is 11.4 Å². The topological polar surface area (TPSA) is 72.0 Å². The lowest BCUT2D eigenvalue weighted by atomic mass is 10.1. The summed E-state index contributed by atoms with van der Waals surface area (Å²) in [5.74, 6) is -0.446. The average Bonchev–Trinajstić information content (AvgIpc) is 3.40. The van der Waals surface area contributed by atoms with Gasteiger partial charge in [0.05, 0.1) is 10.3 Å². The summed E-state index contributed by atoms with van der Waals surface area (Å²) >= 11 is 1.55. The van der Waals surface area contributed by atoms with Gasteiger partial charge in [-0.2, -0.15) is 0 Å². The second-order valence-electron chi connectivity index (χ2n) is 8.03. The predicted octanol–water partition coefficient (Wildman–Crippen LogP) is 5.32. The minimum atomic E-state index is -3.29. The molecule has 0 radical (unpaired) electrons. The Labute approximate surface area is 188 Å². The molecule has 2 aromatic heterocycles. The van der Waals surface area contributed by atoms with Gasteiger partial charge in [0.1, 0.15) is 10.6 Å². The van der Waals surface area contributed by atoms with Crippen molar-refractivity contribution in [1.29, 1.82) is 0 Å². The summed E-state index contributed by atoms with van der Waals surface area (Å²) in [6.45, 7) is 2.00. The van der Waals surface area contributed by atoms with Crippen molar-refractivity contribution in [2.45, 2.75) is 30.2 Å². The molecule has 0 unspecified atom stereocenters. The first kappa shape index (κ1) is 21.0. The molecular formula is C23H19F2N3O2S2. The Morgan fingerprint density at radius 3 is 2.47 bits per heavy atom. The van der Waals surface area contributed by atoms with Gasteiger partial charge in [-0.1, -0.05) is 6.07 Å². The predicted molar refractivity (Wildman–Crippen MR) is 122 cm³/mol. The van der Waals surface area contributed by atoms with Crippen LogP contribution in [-0.4, -0.2) is 30.7 Å². The summed E-state index contributed by atoms with van der Waals surface area (Å²) in [6.07, 6.45) is 1.96. The van der Waals surface area contributed by atoms with Crippen LogP contribution >= 0.6 is 11.3 Å². The Hall–Kier alpha value is -2.91. The van der Waals surface area contributed by atoms with Gasteiger partial charge in [-0.15, -0.1) is 11.3 Å². The fourth-order valence-corrected chi connectivity index (χ4v) is 5.28. The number of thiophene rings is 1. The second kappa shape index (κ2) is 7.60. The summed E-state index contributed by atoms with van der Waals surface area (Å²) in [5.41, 5.74) is 1.46. The van der Waals surface area contributed by atoms with E-state index in [1.54, 1.807) is 41.7 Å². The number of aromatic nitrogens is 2. The number of aryl methyl sites for hydroxylation is 1. The lowest BCUT2D eigenvalue weighted by Gasteiger charge is -2.10. The van der Waals surface area contributed by atoms with Gasteiger partial charge in [0.15, 0.2) is 27.3 Å². The molecule has 0 amide bonds. The number of benzene rings is 2. The number of fused-ring (bicyclic) bond motifs is 1. The van der Waals surface area contributed by atoms with Crippen LogP contribution in [0.4, 0.5) is 14.6 Å². The van der Waals surface area contributed by atoms with Gasteiger partial charge in [0.2, 0.25) is 0 Å². The van der Waals surface area contributed by atoms with Crippen molar-refractivity contribution in [1.82, 2.24) is 9.97 Å². The summed E-state index contributed by atoms with van der Waals surface area (Å²) < 4.78 is 50.4. The Kier molecular flexibility index (Phi) is 4.98. The number of anilines is 1. The minimum Gasteiger partial charge on any atom is -0.366 e. The van der Waals surface area contributed by atoms with E-state index in [0.29, 0.717) is 17.2 Å². The quantitative estimate of drug-likeness (QED) is 0.427. The second-order valence-corrected chi connectivity index (χ2v) is 11.3. The number of nitrogens with zero attached hydrogens (tertiary/aromatic N) is 2. The SMILES string of the molecule is Cc1cc2c(N[C@@H]3C[C@H]3c3ccc(F)c(F)c3)nc(-c3ccc(S(C)(=O)=O)cc3)nc2s1. The molecule has 0 bridgehead atoms. The third-order valence-corrected chi connectivity index (χ3v) is 7.61. The zero-order valence-corrected chi connectivity index (χ0v) is 18.9. The molecule has 1 aliphatic carbocycles. The van der Waals surface area contributed by atoms with Crippen LogP contribution in [0.25, 0.3) is 21.6 Å². The van der Waals surface area contributed by atoms with Crippen LogP contribution in [0.1, 0.15) is 22.8 Å². The van der Waals surface area contributed by atoms with Crippen LogP contribution in [0.2, 0.25) is 0 Å². The molecular weight excluding hydrogens is 452 g/mol. The maximum atomic E-state index is 13.6. The standard InChI is InChI=1S/C23H19F2N3O2S2/c1-12-9-17-22(26-20-11-16(20)14-5-8-18(24)19(25)10-14)27-21(28-23(17)31-12)13-3-6-15(7-4-13)32(2,29)30/h3-10,16,20H,11H2,1-2H3,(H,26,27,28)/t16-,20+/m0/s1. The third kappa shape index (κ3) is 3.98. The highest BCUT2D eigenvalue weighted by molar-refractivity contribution is 7.90. The Bertz CT molecular complexity index is 1450. The fourth-order valence-electron chi connectivity index (χ4n) is 3.77. The van der Waals surface area contributed by atoms with Crippen LogP contribution < -0.4 is 5.32 Å². The highest BCUT2D eigenvalue weighted by Gasteiger charge is 2.39. The van der Waals surface area contributed by atoms with E-state index in [0.717, 1.165) is 33.1 Å². The Morgan fingerprint density at radius 1 is 1.03 bits per heavy atom. The molecule has 1 saturated carbocycles. The van der Waals surface area contributed by atoms with Gasteiger partial charge < -0.3 is 5.32 Å². The first-order valence-corrected chi connectivity index (χ1v) is 12.7. The maximum Gasteiger partial charge on any atom is 0.175 e. The molecule has 9 heteroatoms. The smallest absolute Gasteiger partial charge is 0.175 e. The number of sulfone groups is 1. The molecule has 0 saturated heterocycles. The highest BCUT2D eigenvalue weighted by atomic mass is 32.2. The number of halogens is 2. The third-order valence-electron chi connectivity index (χ3n) is 5.54. The van der Waals surface area contributed by atoms with Crippen LogP contribution in [0.15, 0.2) is 53.4 Å². The van der Waals surface area contributed by atoms with E-state index in [-0.39, 0.29) is 16.9 Å². The number of hydrogen-bond donors (Lipinski definition) is 1. The first-order chi connectivity index (χ1) is 15.2. The molecule has 1 aliphatic rings. The van der Waals surface area contributed by atoms with Gasteiger partial charge in [0, 0.05) is 28.7 Å². The van der Waals surface area contributed by atoms with Crippen molar-refractivity contribution in [2.75, 3.05) is 11.6 Å². The molecule has 0 spiro atoms. The molecule has 5 rings (SSSR count). The van der Waals surface area contributed by atoms with Gasteiger partial charge in [0.25, 0.3) is 0 Å². The van der Waals surface area contributed by atoms with Crippen LogP contribution in [0.3, 0.4) is 0 Å². The van der Waals surface area contributed by atoms with E-state index in [2.05, 4.69) is 10.3 Å². The van der Waals surface area contributed by atoms with E-state index in [1.165, 1.54) is 12.3 Å². The van der Waals surface area contributed by atoms with Crippen LogP contribution in [0.5, 0.6) is 0 Å². The number of nitrogens with one attached hydrogen (secondary N) is 1. The molecule has 164 valence electrons. The molecule has 4 aromatic rings. The molecule has 5 nitrogen and oxygen atoms in total. The lowest BCUT2D eigenvalue weighted by molar-refractivity contribution is 0.507. The number of rotatable bonds is 5. The first-order valence-electron chi connectivity index (χ1n) is 9.99. The largest absolute Gasteiger partial charge is 0.366 e. The Balaban J connectivity index is 1.47. The van der Waals surface area contributed by atoms with Gasteiger partial charge in [-0.3, -0.25) is 0 Å². The lowest BCUT2D eigenvalue weighted by Crippen LogP contribution is -2.07. The van der Waals surface area contributed by atoms with E-state index in [1.807, 2.05) is 13.0 Å². The van der Waals surface area contributed by atoms with Crippen molar-refractivity contribution in [2.24, 2.45) is 0 Å². The van der Waals surface area contributed by atoms with Gasteiger partial charge in [-0.25, -0.2) is 27.2 Å². The molecule has 1 N–H and O–H groups in total. The fraction of sp³-hybridized carbons (Fsp3) is 0.217. The normalized spacial score (nSPS) is 18.1. The van der Waals surface area contributed by atoms with Crippen molar-refractivity contribution in [3.05, 3.63) is 70.6 Å². The van der Waals surface area contributed by atoms with Crippen molar-refractivity contribution < 1.29 is 17.2 Å². The minimum absolute atomic E-state index is 0.0543.